The summed E-state index contributed by atoms with van der Waals surface area (Å²) >= 11 is 2.12. The topological polar surface area (TPSA) is 85.3 Å². The first-order valence-electron chi connectivity index (χ1n) is 10.7. The van der Waals surface area contributed by atoms with Crippen molar-refractivity contribution < 1.29 is 23.2 Å². The quantitative estimate of drug-likeness (QED) is 0.308. The minimum absolute atomic E-state index is 0.00136. The van der Waals surface area contributed by atoms with Gasteiger partial charge in [0, 0.05) is 9.49 Å². The standard InChI is InChI=1S/C25H21IN2O5/c26-18-7-1-6-17(13-18)25(30)33-15-22(29)28-24(21-10-4-12-32-21)20-9-2-5-16(23(20)27-28)14-19-8-3-11-31-19/h1,3-4,6-8,10-14,20,24H,2,5,9,15H2. The molecule has 5 rings (SSSR count). The Morgan fingerprint density at radius 1 is 1.15 bits per heavy atom. The van der Waals surface area contributed by atoms with E-state index in [9.17, 15) is 9.59 Å². The van der Waals surface area contributed by atoms with Gasteiger partial charge >= 0.3 is 5.97 Å². The van der Waals surface area contributed by atoms with Crippen molar-refractivity contribution in [2.45, 2.75) is 25.3 Å². The molecule has 2 atom stereocenters. The Hall–Kier alpha value is -3.14. The first-order chi connectivity index (χ1) is 16.1. The third kappa shape index (κ3) is 4.52. The highest BCUT2D eigenvalue weighted by atomic mass is 127. The lowest BCUT2D eigenvalue weighted by molar-refractivity contribution is -0.137. The number of amides is 1. The second kappa shape index (κ2) is 9.38. The van der Waals surface area contributed by atoms with Crippen LogP contribution in [0.25, 0.3) is 6.08 Å². The van der Waals surface area contributed by atoms with Crippen LogP contribution >= 0.6 is 22.6 Å². The van der Waals surface area contributed by atoms with Gasteiger partial charge in [-0.3, -0.25) is 4.79 Å². The molecular formula is C25H21IN2O5. The third-order valence-electron chi connectivity index (χ3n) is 5.84. The molecule has 8 heteroatoms. The number of carbonyl (C=O) groups excluding carboxylic acids is 2. The van der Waals surface area contributed by atoms with Gasteiger partial charge in [0.1, 0.15) is 17.6 Å². The van der Waals surface area contributed by atoms with E-state index >= 15 is 0 Å². The van der Waals surface area contributed by atoms with E-state index in [-0.39, 0.29) is 12.0 Å². The van der Waals surface area contributed by atoms with Crippen molar-refractivity contribution in [3.8, 4) is 0 Å². The Bertz CT molecular complexity index is 1210. The minimum Gasteiger partial charge on any atom is -0.467 e. The normalized spacial score (nSPS) is 21.1. The molecule has 1 aliphatic carbocycles. The maximum absolute atomic E-state index is 13.2. The Labute approximate surface area is 204 Å². The number of ether oxygens (including phenoxy) is 1. The van der Waals surface area contributed by atoms with Crippen molar-refractivity contribution >= 4 is 46.3 Å². The average Bonchev–Trinajstić information content (AvgIpc) is 3.58. The van der Waals surface area contributed by atoms with Crippen LogP contribution in [0.5, 0.6) is 0 Å². The van der Waals surface area contributed by atoms with Crippen LogP contribution in [-0.4, -0.2) is 29.2 Å². The molecule has 0 radical (unpaired) electrons. The van der Waals surface area contributed by atoms with E-state index in [0.717, 1.165) is 39.9 Å². The molecule has 2 aromatic heterocycles. The fourth-order valence-corrected chi connectivity index (χ4v) is 4.93. The molecule has 0 N–H and O–H groups in total. The summed E-state index contributed by atoms with van der Waals surface area (Å²) in [6.07, 6.45) is 7.91. The summed E-state index contributed by atoms with van der Waals surface area (Å²) in [7, 11) is 0. The van der Waals surface area contributed by atoms with Gasteiger partial charge in [-0.15, -0.1) is 0 Å². The highest BCUT2D eigenvalue weighted by Crippen LogP contribution is 2.44. The van der Waals surface area contributed by atoms with Gasteiger partial charge in [0.15, 0.2) is 6.61 Å². The summed E-state index contributed by atoms with van der Waals surface area (Å²) in [4.78, 5) is 25.6. The molecule has 3 heterocycles. The molecular weight excluding hydrogens is 535 g/mol. The van der Waals surface area contributed by atoms with Crippen molar-refractivity contribution in [2.75, 3.05) is 6.61 Å². The summed E-state index contributed by atoms with van der Waals surface area (Å²) < 4.78 is 17.4. The van der Waals surface area contributed by atoms with E-state index in [1.807, 2.05) is 30.3 Å². The molecule has 2 aliphatic rings. The lowest BCUT2D eigenvalue weighted by atomic mass is 9.79. The lowest BCUT2D eigenvalue weighted by Crippen LogP contribution is -2.34. The average molecular weight is 556 g/mol. The van der Waals surface area contributed by atoms with Crippen LogP contribution in [0.1, 0.15) is 47.2 Å². The summed E-state index contributed by atoms with van der Waals surface area (Å²) in [6, 6.07) is 14.0. The van der Waals surface area contributed by atoms with Gasteiger partial charge in [-0.05, 0) is 96.0 Å². The Morgan fingerprint density at radius 3 is 2.76 bits per heavy atom. The highest BCUT2D eigenvalue weighted by Gasteiger charge is 2.45. The number of nitrogens with zero attached hydrogens (tertiary/aromatic N) is 2. The van der Waals surface area contributed by atoms with Crippen molar-refractivity contribution in [3.05, 3.63) is 87.3 Å². The van der Waals surface area contributed by atoms with Crippen molar-refractivity contribution in [3.63, 3.8) is 0 Å². The van der Waals surface area contributed by atoms with E-state index in [1.165, 1.54) is 5.01 Å². The first kappa shape index (κ1) is 21.7. The second-order valence-electron chi connectivity index (χ2n) is 7.95. The first-order valence-corrected chi connectivity index (χ1v) is 11.8. The van der Waals surface area contributed by atoms with Crippen LogP contribution in [0.4, 0.5) is 0 Å². The van der Waals surface area contributed by atoms with Crippen molar-refractivity contribution in [1.29, 1.82) is 0 Å². The van der Waals surface area contributed by atoms with Crippen LogP contribution < -0.4 is 0 Å². The number of hydrogen-bond donors (Lipinski definition) is 0. The molecule has 168 valence electrons. The monoisotopic (exact) mass is 556 g/mol. The molecule has 1 aliphatic heterocycles. The van der Waals surface area contributed by atoms with Crippen molar-refractivity contribution in [1.82, 2.24) is 5.01 Å². The number of halogens is 1. The maximum Gasteiger partial charge on any atom is 0.338 e. The predicted octanol–water partition coefficient (Wildman–Crippen LogP) is 5.46. The number of esters is 1. The Kier molecular flexibility index (Phi) is 6.17. The number of allylic oxidation sites excluding steroid dienone is 1. The van der Waals surface area contributed by atoms with E-state index in [1.54, 1.807) is 36.8 Å². The molecule has 7 nitrogen and oxygen atoms in total. The molecule has 1 aromatic carbocycles. The molecule has 0 saturated heterocycles. The lowest BCUT2D eigenvalue weighted by Gasteiger charge is -2.27. The number of carbonyl (C=O) groups is 2. The van der Waals surface area contributed by atoms with Crippen molar-refractivity contribution in [2.24, 2.45) is 11.0 Å². The van der Waals surface area contributed by atoms with Gasteiger partial charge in [0.05, 0.1) is 23.8 Å². The summed E-state index contributed by atoms with van der Waals surface area (Å²) in [6.45, 7) is -0.401. The van der Waals surface area contributed by atoms with Gasteiger partial charge in [-0.2, -0.15) is 5.10 Å². The van der Waals surface area contributed by atoms with E-state index in [2.05, 4.69) is 22.6 Å². The summed E-state index contributed by atoms with van der Waals surface area (Å²) in [5, 5.41) is 6.13. The van der Waals surface area contributed by atoms with Crippen LogP contribution in [0.15, 0.2) is 80.6 Å². The minimum atomic E-state index is -0.543. The van der Waals surface area contributed by atoms with Gasteiger partial charge in [0.25, 0.3) is 5.91 Å². The Balaban J connectivity index is 1.39. The molecule has 1 fully saturated rings. The molecule has 0 spiro atoms. The number of furan rings is 2. The van der Waals surface area contributed by atoms with Gasteiger partial charge in [-0.1, -0.05) is 6.07 Å². The van der Waals surface area contributed by atoms with E-state index < -0.39 is 18.5 Å². The molecule has 2 unspecified atom stereocenters. The summed E-state index contributed by atoms with van der Waals surface area (Å²) in [5.41, 5.74) is 2.31. The summed E-state index contributed by atoms with van der Waals surface area (Å²) in [5.74, 6) is 0.476. The second-order valence-corrected chi connectivity index (χ2v) is 9.20. The van der Waals surface area contributed by atoms with Crippen LogP contribution in [0, 0.1) is 9.49 Å². The zero-order valence-corrected chi connectivity index (χ0v) is 19.8. The molecule has 33 heavy (non-hydrogen) atoms. The molecule has 0 bridgehead atoms. The fourth-order valence-electron chi connectivity index (χ4n) is 4.38. The van der Waals surface area contributed by atoms with Crippen LogP contribution in [-0.2, 0) is 9.53 Å². The fraction of sp³-hybridized carbons (Fsp3) is 0.240. The highest BCUT2D eigenvalue weighted by molar-refractivity contribution is 14.1. The van der Waals surface area contributed by atoms with Crippen LogP contribution in [0.2, 0.25) is 0 Å². The van der Waals surface area contributed by atoms with E-state index in [4.69, 9.17) is 18.7 Å². The molecule has 1 saturated carbocycles. The number of hydrazone groups is 1. The number of hydrogen-bond acceptors (Lipinski definition) is 6. The number of rotatable bonds is 5. The largest absolute Gasteiger partial charge is 0.467 e. The smallest absolute Gasteiger partial charge is 0.338 e. The molecule has 3 aromatic rings. The van der Waals surface area contributed by atoms with E-state index in [0.29, 0.717) is 11.3 Å². The van der Waals surface area contributed by atoms with Gasteiger partial charge < -0.3 is 13.6 Å². The third-order valence-corrected chi connectivity index (χ3v) is 6.51. The zero-order chi connectivity index (χ0) is 22.8. The van der Waals surface area contributed by atoms with Gasteiger partial charge in [-0.25, -0.2) is 9.80 Å². The Morgan fingerprint density at radius 2 is 2.00 bits per heavy atom. The predicted molar refractivity (Wildman–Crippen MR) is 129 cm³/mol. The zero-order valence-electron chi connectivity index (χ0n) is 17.6. The van der Waals surface area contributed by atoms with Gasteiger partial charge in [0.2, 0.25) is 0 Å². The number of fused-ring (bicyclic) bond motifs is 1. The van der Waals surface area contributed by atoms with Crippen LogP contribution in [0.3, 0.4) is 0 Å². The molecule has 1 amide bonds. The maximum atomic E-state index is 13.2. The number of benzene rings is 1. The SMILES string of the molecule is O=C(OCC(=O)N1N=C2C(=Cc3ccco3)CCCC2C1c1ccco1)c1cccc(I)c1.